The molecule has 0 saturated carbocycles. The number of amidine groups is 1. The zero-order valence-corrected chi connectivity index (χ0v) is 17.3. The van der Waals surface area contributed by atoms with Gasteiger partial charge in [-0.15, -0.1) is 4.40 Å². The standard InChI is InChI=1S/C20H20F3N3O4S/c1-26(19-16-4-2-3-5-17(16)31(28,29)25-19)11-18(27)24-10-14-6-8-15(9-7-14)12-30-13-20(21,22)23/h2-9H,10-13H2,1H3,(H,24,27). The summed E-state index contributed by atoms with van der Waals surface area (Å²) < 4.78 is 68.9. The van der Waals surface area contributed by atoms with Crippen LogP contribution >= 0.6 is 0 Å². The Morgan fingerprint density at radius 3 is 2.42 bits per heavy atom. The molecule has 1 N–H and O–H groups in total. The lowest BCUT2D eigenvalue weighted by Crippen LogP contribution is -2.38. The van der Waals surface area contributed by atoms with Gasteiger partial charge in [-0.1, -0.05) is 36.4 Å². The molecule has 0 unspecified atom stereocenters. The molecule has 166 valence electrons. The highest BCUT2D eigenvalue weighted by molar-refractivity contribution is 7.90. The van der Waals surface area contributed by atoms with Gasteiger partial charge in [-0.25, -0.2) is 0 Å². The number of nitrogens with zero attached hydrogens (tertiary/aromatic N) is 2. The zero-order valence-electron chi connectivity index (χ0n) is 16.5. The minimum atomic E-state index is -4.37. The van der Waals surface area contributed by atoms with Crippen LogP contribution in [0.5, 0.6) is 0 Å². The van der Waals surface area contributed by atoms with Crippen molar-refractivity contribution in [3.05, 3.63) is 65.2 Å². The van der Waals surface area contributed by atoms with Gasteiger partial charge in [0.15, 0.2) is 5.84 Å². The van der Waals surface area contributed by atoms with E-state index in [4.69, 9.17) is 0 Å². The number of rotatable bonds is 7. The number of hydrogen-bond acceptors (Lipinski definition) is 5. The lowest BCUT2D eigenvalue weighted by molar-refractivity contribution is -0.176. The molecule has 1 aliphatic rings. The third-order valence-electron chi connectivity index (χ3n) is 4.40. The monoisotopic (exact) mass is 455 g/mol. The number of sulfonamides is 1. The molecule has 0 spiro atoms. The summed E-state index contributed by atoms with van der Waals surface area (Å²) >= 11 is 0. The van der Waals surface area contributed by atoms with E-state index in [2.05, 4.69) is 14.5 Å². The minimum absolute atomic E-state index is 0.105. The Kier molecular flexibility index (Phi) is 6.65. The smallest absolute Gasteiger partial charge is 0.367 e. The number of alkyl halides is 3. The van der Waals surface area contributed by atoms with Crippen molar-refractivity contribution in [1.29, 1.82) is 0 Å². The van der Waals surface area contributed by atoms with Gasteiger partial charge >= 0.3 is 6.18 Å². The average molecular weight is 455 g/mol. The van der Waals surface area contributed by atoms with Crippen LogP contribution in [0.1, 0.15) is 16.7 Å². The van der Waals surface area contributed by atoms with E-state index in [0.29, 0.717) is 11.1 Å². The van der Waals surface area contributed by atoms with Gasteiger partial charge in [-0.05, 0) is 23.3 Å². The summed E-state index contributed by atoms with van der Waals surface area (Å²) in [4.78, 5) is 13.8. The maximum atomic E-state index is 12.3. The SMILES string of the molecule is CN(CC(=O)NCc1ccc(COCC(F)(F)F)cc1)C1=NS(=O)(=O)c2ccccc21. The molecule has 1 aliphatic heterocycles. The van der Waals surface area contributed by atoms with Gasteiger partial charge in [-0.3, -0.25) is 4.79 Å². The molecule has 0 saturated heterocycles. The van der Waals surface area contributed by atoms with Gasteiger partial charge in [0.25, 0.3) is 10.0 Å². The number of hydrogen-bond donors (Lipinski definition) is 1. The number of ether oxygens (including phenoxy) is 1. The molecule has 7 nitrogen and oxygen atoms in total. The summed E-state index contributed by atoms with van der Waals surface area (Å²) in [6.07, 6.45) is -4.37. The van der Waals surface area contributed by atoms with Gasteiger partial charge in [0.05, 0.1) is 13.2 Å². The first-order chi connectivity index (χ1) is 14.5. The predicted octanol–water partition coefficient (Wildman–Crippen LogP) is 2.46. The molecule has 0 aromatic heterocycles. The van der Waals surface area contributed by atoms with E-state index >= 15 is 0 Å². The molecule has 0 atom stereocenters. The number of nitrogens with one attached hydrogen (secondary N) is 1. The highest BCUT2D eigenvalue weighted by Gasteiger charge is 2.31. The number of halogens is 3. The van der Waals surface area contributed by atoms with E-state index in [9.17, 15) is 26.4 Å². The fraction of sp³-hybridized carbons (Fsp3) is 0.300. The predicted molar refractivity (Wildman–Crippen MR) is 107 cm³/mol. The average Bonchev–Trinajstić information content (AvgIpc) is 2.98. The molecule has 11 heteroatoms. The summed E-state index contributed by atoms with van der Waals surface area (Å²) in [5.41, 5.74) is 1.78. The van der Waals surface area contributed by atoms with E-state index in [1.807, 2.05) is 0 Å². The minimum Gasteiger partial charge on any atom is -0.367 e. The van der Waals surface area contributed by atoms with E-state index in [1.165, 1.54) is 11.0 Å². The molecule has 0 bridgehead atoms. The lowest BCUT2D eigenvalue weighted by atomic mass is 10.1. The second kappa shape index (κ2) is 9.06. The molecule has 0 aliphatic carbocycles. The van der Waals surface area contributed by atoms with Crippen LogP contribution in [-0.4, -0.2) is 51.4 Å². The Hall–Kier alpha value is -2.92. The van der Waals surface area contributed by atoms with Crippen molar-refractivity contribution in [1.82, 2.24) is 10.2 Å². The Balaban J connectivity index is 1.50. The van der Waals surface area contributed by atoms with Crippen molar-refractivity contribution in [3.63, 3.8) is 0 Å². The molecule has 2 aromatic carbocycles. The number of carbonyl (C=O) groups excluding carboxylic acids is 1. The third kappa shape index (κ3) is 6.05. The molecular formula is C20H20F3N3O4S. The number of carbonyl (C=O) groups is 1. The van der Waals surface area contributed by atoms with Crippen molar-refractivity contribution >= 4 is 21.8 Å². The van der Waals surface area contributed by atoms with Crippen LogP contribution in [0.15, 0.2) is 57.8 Å². The van der Waals surface area contributed by atoms with E-state index < -0.39 is 22.8 Å². The summed E-state index contributed by atoms with van der Waals surface area (Å²) in [6.45, 7) is -1.37. The maximum absolute atomic E-state index is 12.3. The normalized spacial score (nSPS) is 14.6. The third-order valence-corrected chi connectivity index (χ3v) is 5.73. The number of likely N-dealkylation sites (N-methyl/N-ethyl adjacent to an activating group) is 1. The van der Waals surface area contributed by atoms with Gasteiger partial charge in [0, 0.05) is 19.2 Å². The van der Waals surface area contributed by atoms with Crippen LogP contribution < -0.4 is 5.32 Å². The molecule has 31 heavy (non-hydrogen) atoms. The van der Waals surface area contributed by atoms with Crippen molar-refractivity contribution in [2.75, 3.05) is 20.2 Å². The van der Waals surface area contributed by atoms with Gasteiger partial charge < -0.3 is 15.0 Å². The molecular weight excluding hydrogens is 435 g/mol. The Morgan fingerprint density at radius 2 is 1.74 bits per heavy atom. The van der Waals surface area contributed by atoms with Crippen LogP contribution in [0.2, 0.25) is 0 Å². The lowest BCUT2D eigenvalue weighted by Gasteiger charge is -2.18. The first kappa shape index (κ1) is 22.8. The first-order valence-electron chi connectivity index (χ1n) is 9.20. The Morgan fingerprint density at radius 1 is 1.10 bits per heavy atom. The first-order valence-corrected chi connectivity index (χ1v) is 10.6. The van der Waals surface area contributed by atoms with Crippen molar-refractivity contribution < 1.29 is 31.1 Å². The Labute approximate surface area is 177 Å². The molecule has 1 heterocycles. The maximum Gasteiger partial charge on any atom is 0.411 e. The highest BCUT2D eigenvalue weighted by Crippen LogP contribution is 2.26. The van der Waals surface area contributed by atoms with Crippen LogP contribution in [0, 0.1) is 0 Å². The number of benzene rings is 2. The van der Waals surface area contributed by atoms with E-state index in [-0.39, 0.29) is 36.3 Å². The van der Waals surface area contributed by atoms with Gasteiger partial charge in [0.2, 0.25) is 5.91 Å². The summed E-state index contributed by atoms with van der Waals surface area (Å²) in [5, 5.41) is 2.72. The summed E-state index contributed by atoms with van der Waals surface area (Å²) in [7, 11) is -2.19. The van der Waals surface area contributed by atoms with Crippen molar-refractivity contribution in [2.45, 2.75) is 24.2 Å². The van der Waals surface area contributed by atoms with Gasteiger partial charge in [-0.2, -0.15) is 21.6 Å². The Bertz CT molecular complexity index is 1080. The molecule has 3 rings (SSSR count). The second-order valence-electron chi connectivity index (χ2n) is 6.94. The van der Waals surface area contributed by atoms with Crippen LogP contribution in [0.3, 0.4) is 0 Å². The van der Waals surface area contributed by atoms with Crippen LogP contribution in [0.4, 0.5) is 13.2 Å². The van der Waals surface area contributed by atoms with E-state index in [0.717, 1.165) is 5.56 Å². The topological polar surface area (TPSA) is 88.1 Å². The number of amides is 1. The summed E-state index contributed by atoms with van der Waals surface area (Å²) in [5.74, 6) is -0.140. The zero-order chi connectivity index (χ0) is 22.6. The molecule has 1 amide bonds. The second-order valence-corrected chi connectivity index (χ2v) is 8.52. The number of fused-ring (bicyclic) bond motifs is 1. The molecule has 2 aromatic rings. The fourth-order valence-corrected chi connectivity index (χ4v) is 4.20. The largest absolute Gasteiger partial charge is 0.411 e. The van der Waals surface area contributed by atoms with Crippen molar-refractivity contribution in [3.8, 4) is 0 Å². The van der Waals surface area contributed by atoms with Gasteiger partial charge in [0.1, 0.15) is 11.5 Å². The summed E-state index contributed by atoms with van der Waals surface area (Å²) in [6, 6.07) is 13.0. The van der Waals surface area contributed by atoms with E-state index in [1.54, 1.807) is 49.5 Å². The highest BCUT2D eigenvalue weighted by atomic mass is 32.2. The molecule has 0 radical (unpaired) electrons. The van der Waals surface area contributed by atoms with Crippen molar-refractivity contribution in [2.24, 2.45) is 4.40 Å². The van der Waals surface area contributed by atoms with Crippen LogP contribution in [0.25, 0.3) is 0 Å². The fourth-order valence-electron chi connectivity index (χ4n) is 2.95. The van der Waals surface area contributed by atoms with Crippen LogP contribution in [-0.2, 0) is 32.7 Å². The quantitative estimate of drug-likeness (QED) is 0.693. The molecule has 0 fully saturated rings.